The Morgan fingerprint density at radius 2 is 1.75 bits per heavy atom. The summed E-state index contributed by atoms with van der Waals surface area (Å²) >= 11 is 0. The molecule has 4 rings (SSSR count). The molecule has 0 unspecified atom stereocenters. The molecule has 1 aliphatic rings. The smallest absolute Gasteiger partial charge is 0.407 e. The second-order valence-electron chi connectivity index (χ2n) is 8.16. The summed E-state index contributed by atoms with van der Waals surface area (Å²) in [6.07, 6.45) is 0.393. The van der Waals surface area contributed by atoms with Gasteiger partial charge in [0, 0.05) is 49.4 Å². The van der Waals surface area contributed by atoms with Crippen molar-refractivity contribution in [2.24, 2.45) is 0 Å². The first-order valence-electron chi connectivity index (χ1n) is 10.9. The number of carboxylic acid groups (broad SMARTS) is 1. The summed E-state index contributed by atoms with van der Waals surface area (Å²) < 4.78 is 1.71. The van der Waals surface area contributed by atoms with Crippen LogP contribution >= 0.6 is 0 Å². The number of hydrogen-bond donors (Lipinski definition) is 1. The highest BCUT2D eigenvalue weighted by atomic mass is 16.4. The van der Waals surface area contributed by atoms with Gasteiger partial charge in [-0.3, -0.25) is 9.59 Å². The van der Waals surface area contributed by atoms with Crippen LogP contribution in [0.15, 0.2) is 59.4 Å². The predicted molar refractivity (Wildman–Crippen MR) is 125 cm³/mol. The third-order valence-electron chi connectivity index (χ3n) is 6.36. The van der Waals surface area contributed by atoms with Gasteiger partial charge >= 0.3 is 6.09 Å². The minimum absolute atomic E-state index is 0.0730. The largest absolute Gasteiger partial charge is 0.465 e. The van der Waals surface area contributed by atoms with Crippen molar-refractivity contribution >= 4 is 28.6 Å². The van der Waals surface area contributed by atoms with Gasteiger partial charge in [0.25, 0.3) is 11.5 Å². The number of para-hydroxylation sites is 1. The molecule has 2 amide bonds. The summed E-state index contributed by atoms with van der Waals surface area (Å²) in [5.41, 5.74) is 2.98. The fourth-order valence-electron chi connectivity index (χ4n) is 4.55. The van der Waals surface area contributed by atoms with E-state index in [9.17, 15) is 19.5 Å². The number of pyridine rings is 1. The van der Waals surface area contributed by atoms with Crippen molar-refractivity contribution in [2.45, 2.75) is 32.2 Å². The molecule has 0 radical (unpaired) electrons. The Labute approximate surface area is 186 Å². The third kappa shape index (κ3) is 3.98. The van der Waals surface area contributed by atoms with Gasteiger partial charge in [-0.25, -0.2) is 4.79 Å². The molecule has 7 heteroatoms. The highest BCUT2D eigenvalue weighted by Crippen LogP contribution is 2.33. The molecular formula is C25H27N3O4. The number of carbonyl (C=O) groups is 2. The van der Waals surface area contributed by atoms with Crippen molar-refractivity contribution in [3.63, 3.8) is 0 Å². The lowest BCUT2D eigenvalue weighted by atomic mass is 9.87. The quantitative estimate of drug-likeness (QED) is 0.670. The lowest BCUT2D eigenvalue weighted by Gasteiger charge is -2.31. The maximum absolute atomic E-state index is 13.2. The van der Waals surface area contributed by atoms with Gasteiger partial charge in [0.1, 0.15) is 0 Å². The number of fused-ring (bicyclic) bond motifs is 1. The van der Waals surface area contributed by atoms with Crippen molar-refractivity contribution in [3.05, 3.63) is 76.1 Å². The minimum Gasteiger partial charge on any atom is -0.465 e. The summed E-state index contributed by atoms with van der Waals surface area (Å²) in [7, 11) is 1.75. The van der Waals surface area contributed by atoms with Crippen molar-refractivity contribution in [2.75, 3.05) is 25.0 Å². The number of aryl methyl sites for hydroxylation is 1. The SMILES string of the molecule is CCn1c(=O)cc(C2CCN(C(=O)O)CC2)c2cc(C(=O)N(C)c3ccccc3)ccc21. The highest BCUT2D eigenvalue weighted by molar-refractivity contribution is 6.07. The molecule has 0 saturated carbocycles. The zero-order valence-electron chi connectivity index (χ0n) is 18.3. The van der Waals surface area contributed by atoms with Crippen LogP contribution in [-0.2, 0) is 6.54 Å². The van der Waals surface area contributed by atoms with Crippen molar-refractivity contribution in [1.29, 1.82) is 0 Å². The zero-order chi connectivity index (χ0) is 22.8. The van der Waals surface area contributed by atoms with Crippen molar-refractivity contribution in [1.82, 2.24) is 9.47 Å². The number of aromatic nitrogens is 1. The molecule has 1 N–H and O–H groups in total. The first-order valence-corrected chi connectivity index (χ1v) is 10.9. The molecular weight excluding hydrogens is 406 g/mol. The summed E-state index contributed by atoms with van der Waals surface area (Å²) in [6.45, 7) is 3.33. The Balaban J connectivity index is 1.76. The summed E-state index contributed by atoms with van der Waals surface area (Å²) in [5.74, 6) is -0.0523. The van der Waals surface area contributed by atoms with E-state index in [1.54, 1.807) is 28.6 Å². The Hall–Kier alpha value is -3.61. The van der Waals surface area contributed by atoms with Crippen LogP contribution in [-0.4, -0.2) is 46.7 Å². The molecule has 1 saturated heterocycles. The van der Waals surface area contributed by atoms with Gasteiger partial charge in [0.2, 0.25) is 0 Å². The topological polar surface area (TPSA) is 82.9 Å². The maximum Gasteiger partial charge on any atom is 0.407 e. The number of hydrogen-bond acceptors (Lipinski definition) is 3. The molecule has 2 heterocycles. The van der Waals surface area contributed by atoms with Gasteiger partial charge in [-0.1, -0.05) is 18.2 Å². The monoisotopic (exact) mass is 433 g/mol. The Bertz CT molecular complexity index is 1210. The number of anilines is 1. The lowest BCUT2D eigenvalue weighted by Crippen LogP contribution is -2.37. The first kappa shape index (κ1) is 21.6. The van der Waals surface area contributed by atoms with Crippen LogP contribution in [0.4, 0.5) is 10.5 Å². The normalized spacial score (nSPS) is 14.5. The highest BCUT2D eigenvalue weighted by Gasteiger charge is 2.26. The molecule has 2 aromatic carbocycles. The van der Waals surface area contributed by atoms with Gasteiger partial charge in [0.05, 0.1) is 5.52 Å². The van der Waals surface area contributed by atoms with E-state index in [2.05, 4.69) is 0 Å². The number of amides is 2. The average molecular weight is 434 g/mol. The molecule has 0 atom stereocenters. The van der Waals surface area contributed by atoms with E-state index in [1.807, 2.05) is 49.4 Å². The van der Waals surface area contributed by atoms with Crippen LogP contribution in [0.1, 0.15) is 41.6 Å². The second kappa shape index (κ2) is 8.86. The van der Waals surface area contributed by atoms with Crippen LogP contribution < -0.4 is 10.5 Å². The molecule has 0 bridgehead atoms. The van der Waals surface area contributed by atoms with Crippen molar-refractivity contribution < 1.29 is 14.7 Å². The van der Waals surface area contributed by atoms with E-state index in [0.717, 1.165) is 22.2 Å². The van der Waals surface area contributed by atoms with Crippen molar-refractivity contribution in [3.8, 4) is 0 Å². The van der Waals surface area contributed by atoms with Gasteiger partial charge in [0.15, 0.2) is 0 Å². The number of piperidine rings is 1. The van der Waals surface area contributed by atoms with Gasteiger partial charge in [-0.15, -0.1) is 0 Å². The number of carbonyl (C=O) groups excluding carboxylic acids is 1. The molecule has 1 aliphatic heterocycles. The standard InChI is InChI=1S/C25H27N3O4/c1-3-28-22-10-9-18(24(30)26(2)19-7-5-4-6-8-19)15-21(22)20(16-23(28)29)17-11-13-27(14-12-17)25(31)32/h4-10,15-17H,3,11-14H2,1-2H3,(H,31,32). The molecule has 1 aromatic heterocycles. The molecule has 1 fully saturated rings. The molecule has 0 spiro atoms. The number of benzene rings is 2. The molecule has 7 nitrogen and oxygen atoms in total. The maximum atomic E-state index is 13.2. The molecule has 0 aliphatic carbocycles. The number of rotatable bonds is 4. The van der Waals surface area contributed by atoms with Crippen LogP contribution in [0.2, 0.25) is 0 Å². The van der Waals surface area contributed by atoms with E-state index in [-0.39, 0.29) is 17.4 Å². The van der Waals surface area contributed by atoms with E-state index < -0.39 is 6.09 Å². The molecule has 32 heavy (non-hydrogen) atoms. The second-order valence-corrected chi connectivity index (χ2v) is 8.16. The van der Waals surface area contributed by atoms with Gasteiger partial charge in [-0.05, 0) is 61.6 Å². The zero-order valence-corrected chi connectivity index (χ0v) is 18.3. The minimum atomic E-state index is -0.911. The van der Waals surface area contributed by atoms with E-state index in [0.29, 0.717) is 38.0 Å². The van der Waals surface area contributed by atoms with Crippen LogP contribution in [0.25, 0.3) is 10.9 Å². The van der Waals surface area contributed by atoms with Gasteiger partial charge < -0.3 is 19.5 Å². The van der Waals surface area contributed by atoms with E-state index in [1.165, 1.54) is 4.90 Å². The number of nitrogens with zero attached hydrogens (tertiary/aromatic N) is 3. The Morgan fingerprint density at radius 1 is 1.06 bits per heavy atom. The summed E-state index contributed by atoms with van der Waals surface area (Å²) in [4.78, 5) is 40.3. The van der Waals surface area contributed by atoms with E-state index >= 15 is 0 Å². The lowest BCUT2D eigenvalue weighted by molar-refractivity contribution is 0.0993. The number of likely N-dealkylation sites (tertiary alicyclic amines) is 1. The molecule has 3 aromatic rings. The van der Waals surface area contributed by atoms with Crippen LogP contribution in [0, 0.1) is 0 Å². The first-order chi connectivity index (χ1) is 15.4. The Kier molecular flexibility index (Phi) is 5.99. The fraction of sp³-hybridized carbons (Fsp3) is 0.320. The van der Waals surface area contributed by atoms with Crippen LogP contribution in [0.3, 0.4) is 0 Å². The average Bonchev–Trinajstić information content (AvgIpc) is 2.83. The predicted octanol–water partition coefficient (Wildman–Crippen LogP) is 4.16. The van der Waals surface area contributed by atoms with Gasteiger partial charge in [-0.2, -0.15) is 0 Å². The molecule has 166 valence electrons. The summed E-state index contributed by atoms with van der Waals surface area (Å²) in [5, 5.41) is 10.1. The van der Waals surface area contributed by atoms with E-state index in [4.69, 9.17) is 0 Å². The third-order valence-corrected chi connectivity index (χ3v) is 6.36. The van der Waals surface area contributed by atoms with Crippen LogP contribution in [0.5, 0.6) is 0 Å². The fourth-order valence-corrected chi connectivity index (χ4v) is 4.55. The summed E-state index contributed by atoms with van der Waals surface area (Å²) in [6, 6.07) is 16.6. The Morgan fingerprint density at radius 3 is 2.38 bits per heavy atom.